The number of ether oxygens (including phenoxy) is 1. The van der Waals surface area contributed by atoms with Gasteiger partial charge in [-0.2, -0.15) is 13.2 Å². The molecule has 0 saturated carbocycles. The molecule has 4 rings (SSSR count). The summed E-state index contributed by atoms with van der Waals surface area (Å²) < 4.78 is 46.9. The number of nitrogens with zero attached hydrogens (tertiary/aromatic N) is 1. The minimum absolute atomic E-state index is 0.135. The standard InChI is InChI=1S/C28H32F3NO3/c1-17(2)10-19-4-5-22(26(11-19)28(29,30)31)16-35-24-8-9-25-18(3)21(7-6-20(25)12-24)13-32-14-23(15-32)27(33)34/h4-5,8-9,11-12,17,23H,6-7,10,13-16H2,1-3H3,(H,33,34). The van der Waals surface area contributed by atoms with Crippen molar-refractivity contribution in [3.05, 3.63) is 69.8 Å². The van der Waals surface area contributed by atoms with E-state index in [1.165, 1.54) is 23.3 Å². The molecule has 1 N–H and O–H groups in total. The molecule has 1 fully saturated rings. The minimum atomic E-state index is -4.43. The summed E-state index contributed by atoms with van der Waals surface area (Å²) in [6, 6.07) is 10.3. The van der Waals surface area contributed by atoms with Gasteiger partial charge in [-0.05, 0) is 72.6 Å². The molecule has 2 aromatic carbocycles. The molecule has 0 radical (unpaired) electrons. The van der Waals surface area contributed by atoms with Crippen molar-refractivity contribution in [2.75, 3.05) is 19.6 Å². The molecular formula is C28H32F3NO3. The van der Waals surface area contributed by atoms with Crippen LogP contribution in [0.1, 0.15) is 55.0 Å². The van der Waals surface area contributed by atoms with Crippen molar-refractivity contribution in [3.8, 4) is 5.75 Å². The second-order valence-electron chi connectivity index (χ2n) is 10.2. The van der Waals surface area contributed by atoms with E-state index in [2.05, 4.69) is 11.8 Å². The van der Waals surface area contributed by atoms with Crippen molar-refractivity contribution in [1.29, 1.82) is 0 Å². The van der Waals surface area contributed by atoms with Crippen molar-refractivity contribution in [1.82, 2.24) is 4.90 Å². The van der Waals surface area contributed by atoms with Gasteiger partial charge in [0.15, 0.2) is 0 Å². The van der Waals surface area contributed by atoms with E-state index in [0.29, 0.717) is 30.8 Å². The summed E-state index contributed by atoms with van der Waals surface area (Å²) in [5.74, 6) is -0.163. The molecule has 4 nitrogen and oxygen atoms in total. The molecule has 0 bridgehead atoms. The van der Waals surface area contributed by atoms with Crippen molar-refractivity contribution in [2.45, 2.75) is 52.8 Å². The van der Waals surface area contributed by atoms with E-state index in [-0.39, 0.29) is 24.0 Å². The molecule has 1 aliphatic carbocycles. The highest BCUT2D eigenvalue weighted by Gasteiger charge is 2.34. The smallest absolute Gasteiger partial charge is 0.416 e. The lowest BCUT2D eigenvalue weighted by Crippen LogP contribution is -2.50. The highest BCUT2D eigenvalue weighted by Crippen LogP contribution is 2.36. The summed E-state index contributed by atoms with van der Waals surface area (Å²) >= 11 is 0. The van der Waals surface area contributed by atoms with Crippen LogP contribution >= 0.6 is 0 Å². The molecule has 1 aliphatic heterocycles. The Balaban J connectivity index is 1.45. The Bertz CT molecular complexity index is 1130. The number of carboxylic acid groups (broad SMARTS) is 1. The predicted octanol–water partition coefficient (Wildman–Crippen LogP) is 6.22. The third-order valence-electron chi connectivity index (χ3n) is 6.95. The molecule has 1 saturated heterocycles. The van der Waals surface area contributed by atoms with Gasteiger partial charge in [-0.15, -0.1) is 0 Å². The number of fused-ring (bicyclic) bond motifs is 1. The van der Waals surface area contributed by atoms with Gasteiger partial charge in [0.2, 0.25) is 0 Å². The fourth-order valence-electron chi connectivity index (χ4n) is 4.99. The summed E-state index contributed by atoms with van der Waals surface area (Å²) in [5, 5.41) is 9.07. The first-order chi connectivity index (χ1) is 16.5. The first kappa shape index (κ1) is 25.3. The minimum Gasteiger partial charge on any atom is -0.489 e. The van der Waals surface area contributed by atoms with E-state index >= 15 is 0 Å². The van der Waals surface area contributed by atoms with Gasteiger partial charge in [0.25, 0.3) is 0 Å². The number of alkyl halides is 3. The molecule has 2 aliphatic rings. The number of benzene rings is 2. The molecule has 188 valence electrons. The number of aryl methyl sites for hydroxylation is 1. The third-order valence-corrected chi connectivity index (χ3v) is 6.95. The number of carboxylic acids is 1. The number of carbonyl (C=O) groups is 1. The molecule has 35 heavy (non-hydrogen) atoms. The van der Waals surface area contributed by atoms with Gasteiger partial charge in [-0.3, -0.25) is 9.69 Å². The fourth-order valence-corrected chi connectivity index (χ4v) is 4.99. The van der Waals surface area contributed by atoms with Crippen LogP contribution < -0.4 is 4.74 Å². The van der Waals surface area contributed by atoms with Crippen LogP contribution in [0.5, 0.6) is 5.75 Å². The van der Waals surface area contributed by atoms with Crippen molar-refractivity contribution in [2.24, 2.45) is 11.8 Å². The van der Waals surface area contributed by atoms with Gasteiger partial charge in [0.05, 0.1) is 11.5 Å². The molecule has 0 unspecified atom stereocenters. The molecule has 2 aromatic rings. The number of allylic oxidation sites excluding steroid dienone is 1. The first-order valence-electron chi connectivity index (χ1n) is 12.1. The van der Waals surface area contributed by atoms with E-state index in [9.17, 15) is 18.0 Å². The fraction of sp³-hybridized carbons (Fsp3) is 0.464. The maximum absolute atomic E-state index is 13.7. The van der Waals surface area contributed by atoms with Gasteiger partial charge in [-0.25, -0.2) is 0 Å². The van der Waals surface area contributed by atoms with Crippen LogP contribution in [0.4, 0.5) is 13.2 Å². The number of aliphatic carboxylic acids is 1. The van der Waals surface area contributed by atoms with E-state index in [0.717, 1.165) is 30.5 Å². The van der Waals surface area contributed by atoms with Gasteiger partial charge >= 0.3 is 12.1 Å². The Morgan fingerprint density at radius 1 is 1.14 bits per heavy atom. The molecule has 0 atom stereocenters. The second-order valence-corrected chi connectivity index (χ2v) is 10.2. The van der Waals surface area contributed by atoms with Crippen molar-refractivity contribution < 1.29 is 27.8 Å². The lowest BCUT2D eigenvalue weighted by molar-refractivity contribution is -0.147. The van der Waals surface area contributed by atoms with Crippen molar-refractivity contribution >= 4 is 11.5 Å². The molecule has 0 aromatic heterocycles. The number of halogens is 3. The zero-order valence-electron chi connectivity index (χ0n) is 20.4. The van der Waals surface area contributed by atoms with Gasteiger partial charge < -0.3 is 9.84 Å². The summed E-state index contributed by atoms with van der Waals surface area (Å²) in [4.78, 5) is 13.2. The quantitative estimate of drug-likeness (QED) is 0.480. The van der Waals surface area contributed by atoms with Crippen LogP contribution in [0.15, 0.2) is 42.0 Å². The van der Waals surface area contributed by atoms with E-state index < -0.39 is 17.7 Å². The number of hydrogen-bond donors (Lipinski definition) is 1. The van der Waals surface area contributed by atoms with Gasteiger partial charge in [0.1, 0.15) is 12.4 Å². The van der Waals surface area contributed by atoms with Crippen LogP contribution in [0.3, 0.4) is 0 Å². The van der Waals surface area contributed by atoms with E-state index in [1.807, 2.05) is 32.0 Å². The summed E-state index contributed by atoms with van der Waals surface area (Å²) in [6.07, 6.45) is -2.12. The number of rotatable bonds is 8. The van der Waals surface area contributed by atoms with Gasteiger partial charge in [-0.1, -0.05) is 37.6 Å². The Kier molecular flexibility index (Phi) is 7.27. The Hall–Kier alpha value is -2.80. The third kappa shape index (κ3) is 5.89. The maximum atomic E-state index is 13.7. The number of likely N-dealkylation sites (tertiary alicyclic amines) is 1. The highest BCUT2D eigenvalue weighted by molar-refractivity contribution is 5.73. The summed E-state index contributed by atoms with van der Waals surface area (Å²) in [5.41, 5.74) is 4.94. The lowest BCUT2D eigenvalue weighted by atomic mass is 9.85. The van der Waals surface area contributed by atoms with Crippen LogP contribution in [-0.2, 0) is 30.4 Å². The second kappa shape index (κ2) is 10.1. The topological polar surface area (TPSA) is 49.8 Å². The average molecular weight is 488 g/mol. The zero-order valence-corrected chi connectivity index (χ0v) is 20.4. The predicted molar refractivity (Wildman–Crippen MR) is 129 cm³/mol. The van der Waals surface area contributed by atoms with Crippen LogP contribution in [0, 0.1) is 11.8 Å². The van der Waals surface area contributed by atoms with Crippen LogP contribution in [0.2, 0.25) is 0 Å². The van der Waals surface area contributed by atoms with Gasteiger partial charge in [0, 0.05) is 25.2 Å². The average Bonchev–Trinajstić information content (AvgIpc) is 2.75. The zero-order chi connectivity index (χ0) is 25.3. The lowest BCUT2D eigenvalue weighted by Gasteiger charge is -2.38. The Morgan fingerprint density at radius 2 is 1.89 bits per heavy atom. The molecule has 0 amide bonds. The van der Waals surface area contributed by atoms with Crippen LogP contribution in [-0.4, -0.2) is 35.6 Å². The van der Waals surface area contributed by atoms with Crippen LogP contribution in [0.25, 0.3) is 5.57 Å². The molecule has 0 spiro atoms. The monoisotopic (exact) mass is 487 g/mol. The molecule has 1 heterocycles. The van der Waals surface area contributed by atoms with E-state index in [1.54, 1.807) is 6.07 Å². The molecular weight excluding hydrogens is 455 g/mol. The largest absolute Gasteiger partial charge is 0.489 e. The summed E-state index contributed by atoms with van der Waals surface area (Å²) in [6.45, 7) is 7.86. The highest BCUT2D eigenvalue weighted by atomic mass is 19.4. The molecule has 7 heteroatoms. The van der Waals surface area contributed by atoms with E-state index in [4.69, 9.17) is 9.84 Å². The normalized spacial score (nSPS) is 16.9. The Morgan fingerprint density at radius 3 is 2.54 bits per heavy atom. The first-order valence-corrected chi connectivity index (χ1v) is 12.1. The van der Waals surface area contributed by atoms with Crippen molar-refractivity contribution in [3.63, 3.8) is 0 Å². The SMILES string of the molecule is CC1=C(CN2CC(C(=O)O)C2)CCc2cc(OCc3ccc(CC(C)C)cc3C(F)(F)F)ccc21. The maximum Gasteiger partial charge on any atom is 0.416 e. The summed E-state index contributed by atoms with van der Waals surface area (Å²) in [7, 11) is 0. The Labute approximate surface area is 204 Å². The number of hydrogen-bond acceptors (Lipinski definition) is 3.